The first-order valence-electron chi connectivity index (χ1n) is 9.08. The second-order valence-electron chi connectivity index (χ2n) is 5.97. The van der Waals surface area contributed by atoms with Gasteiger partial charge < -0.3 is 9.47 Å². The number of hydrogen-bond acceptors (Lipinski definition) is 4. The van der Waals surface area contributed by atoms with Gasteiger partial charge in [0.25, 0.3) is 5.91 Å². The van der Waals surface area contributed by atoms with E-state index in [1.807, 2.05) is 67.6 Å². The summed E-state index contributed by atoms with van der Waals surface area (Å²) in [6, 6.07) is 24.4. The number of carbonyl (C=O) groups is 1. The third-order valence-electron chi connectivity index (χ3n) is 3.94. The number of benzene rings is 3. The fourth-order valence-corrected chi connectivity index (χ4v) is 2.56. The van der Waals surface area contributed by atoms with Crippen LogP contribution in [-0.4, -0.2) is 18.7 Å². The Kier molecular flexibility index (Phi) is 6.79. The molecule has 3 aromatic carbocycles. The van der Waals surface area contributed by atoms with Crippen molar-refractivity contribution in [1.82, 2.24) is 5.43 Å². The van der Waals surface area contributed by atoms with E-state index in [1.165, 1.54) is 0 Å². The zero-order valence-electron chi connectivity index (χ0n) is 15.7. The first-order chi connectivity index (χ1) is 13.8. The van der Waals surface area contributed by atoms with Crippen LogP contribution in [0.4, 0.5) is 0 Å². The average Bonchev–Trinajstić information content (AvgIpc) is 2.74. The molecule has 0 saturated heterocycles. The standard InChI is InChI=1S/C23H22N2O3/c1-2-27-20-14-12-18(13-15-20)16-24-25-23(26)21-10-6-7-11-22(21)28-17-19-8-4-3-5-9-19/h3-16H,2,17H2,1H3,(H,25,26). The number of hydrogen-bond donors (Lipinski definition) is 1. The normalized spacial score (nSPS) is 10.6. The molecule has 0 radical (unpaired) electrons. The summed E-state index contributed by atoms with van der Waals surface area (Å²) in [6.45, 7) is 2.95. The Morgan fingerprint density at radius 2 is 1.64 bits per heavy atom. The van der Waals surface area contributed by atoms with Crippen molar-refractivity contribution in [2.75, 3.05) is 6.61 Å². The van der Waals surface area contributed by atoms with Gasteiger partial charge >= 0.3 is 0 Å². The highest BCUT2D eigenvalue weighted by Crippen LogP contribution is 2.19. The smallest absolute Gasteiger partial charge is 0.275 e. The average molecular weight is 374 g/mol. The van der Waals surface area contributed by atoms with E-state index in [4.69, 9.17) is 9.47 Å². The summed E-state index contributed by atoms with van der Waals surface area (Å²) in [5.74, 6) is 0.985. The number of nitrogens with zero attached hydrogens (tertiary/aromatic N) is 1. The van der Waals surface area contributed by atoms with Crippen LogP contribution in [0, 0.1) is 0 Å². The van der Waals surface area contributed by atoms with Crippen molar-refractivity contribution in [1.29, 1.82) is 0 Å². The molecule has 0 atom stereocenters. The molecule has 1 N–H and O–H groups in total. The molecule has 0 aliphatic rings. The predicted molar refractivity (Wildman–Crippen MR) is 110 cm³/mol. The van der Waals surface area contributed by atoms with Crippen LogP contribution in [-0.2, 0) is 6.61 Å². The Morgan fingerprint density at radius 3 is 2.39 bits per heavy atom. The van der Waals surface area contributed by atoms with Gasteiger partial charge in [-0.15, -0.1) is 0 Å². The topological polar surface area (TPSA) is 59.9 Å². The fraction of sp³-hybridized carbons (Fsp3) is 0.130. The van der Waals surface area contributed by atoms with Crippen molar-refractivity contribution >= 4 is 12.1 Å². The van der Waals surface area contributed by atoms with Crippen molar-refractivity contribution in [3.05, 3.63) is 95.6 Å². The molecule has 0 aromatic heterocycles. The molecular weight excluding hydrogens is 352 g/mol. The minimum atomic E-state index is -0.328. The van der Waals surface area contributed by atoms with E-state index in [0.29, 0.717) is 24.5 Å². The van der Waals surface area contributed by atoms with Crippen LogP contribution in [0.5, 0.6) is 11.5 Å². The van der Waals surface area contributed by atoms with E-state index in [9.17, 15) is 4.79 Å². The van der Waals surface area contributed by atoms with Gasteiger partial charge in [-0.3, -0.25) is 4.79 Å². The lowest BCUT2D eigenvalue weighted by Crippen LogP contribution is -2.18. The number of ether oxygens (including phenoxy) is 2. The molecule has 28 heavy (non-hydrogen) atoms. The zero-order chi connectivity index (χ0) is 19.6. The van der Waals surface area contributed by atoms with E-state index in [1.54, 1.807) is 24.4 Å². The highest BCUT2D eigenvalue weighted by atomic mass is 16.5. The SMILES string of the molecule is CCOc1ccc(C=NNC(=O)c2ccccc2OCc2ccccc2)cc1. The molecule has 0 fully saturated rings. The molecule has 0 heterocycles. The maximum absolute atomic E-state index is 12.5. The van der Waals surface area contributed by atoms with Gasteiger partial charge in [-0.2, -0.15) is 5.10 Å². The number of carbonyl (C=O) groups excluding carboxylic acids is 1. The molecule has 5 nitrogen and oxygen atoms in total. The minimum Gasteiger partial charge on any atom is -0.494 e. The van der Waals surface area contributed by atoms with Crippen LogP contribution in [0.25, 0.3) is 0 Å². The monoisotopic (exact) mass is 374 g/mol. The Morgan fingerprint density at radius 1 is 0.929 bits per heavy atom. The van der Waals surface area contributed by atoms with Crippen molar-refractivity contribution in [2.45, 2.75) is 13.5 Å². The van der Waals surface area contributed by atoms with E-state index in [2.05, 4.69) is 10.5 Å². The number of nitrogens with one attached hydrogen (secondary N) is 1. The summed E-state index contributed by atoms with van der Waals surface area (Å²) in [5, 5.41) is 4.03. The number of hydrazone groups is 1. The minimum absolute atomic E-state index is 0.328. The zero-order valence-corrected chi connectivity index (χ0v) is 15.7. The fourth-order valence-electron chi connectivity index (χ4n) is 2.56. The van der Waals surface area contributed by atoms with Crippen LogP contribution in [0.15, 0.2) is 84.0 Å². The molecule has 5 heteroatoms. The van der Waals surface area contributed by atoms with Crippen molar-refractivity contribution in [3.8, 4) is 11.5 Å². The Balaban J connectivity index is 1.61. The maximum atomic E-state index is 12.5. The second kappa shape index (κ2) is 9.92. The predicted octanol–water partition coefficient (Wildman–Crippen LogP) is 4.43. The van der Waals surface area contributed by atoms with Crippen LogP contribution >= 0.6 is 0 Å². The molecule has 0 unspecified atom stereocenters. The lowest BCUT2D eigenvalue weighted by atomic mass is 10.2. The third-order valence-corrected chi connectivity index (χ3v) is 3.94. The molecular formula is C23H22N2O3. The van der Waals surface area contributed by atoms with Gasteiger partial charge in [0.05, 0.1) is 18.4 Å². The van der Waals surface area contributed by atoms with E-state index in [0.717, 1.165) is 16.9 Å². The number of amides is 1. The van der Waals surface area contributed by atoms with Crippen molar-refractivity contribution in [2.24, 2.45) is 5.10 Å². The highest BCUT2D eigenvalue weighted by Gasteiger charge is 2.11. The molecule has 0 aliphatic carbocycles. The molecule has 3 aromatic rings. The largest absolute Gasteiger partial charge is 0.494 e. The van der Waals surface area contributed by atoms with Gasteiger partial charge in [-0.05, 0) is 54.4 Å². The molecule has 0 saturated carbocycles. The van der Waals surface area contributed by atoms with E-state index >= 15 is 0 Å². The van der Waals surface area contributed by atoms with Crippen molar-refractivity contribution in [3.63, 3.8) is 0 Å². The summed E-state index contributed by atoms with van der Waals surface area (Å²) in [6.07, 6.45) is 1.58. The summed E-state index contributed by atoms with van der Waals surface area (Å²) in [4.78, 5) is 12.5. The molecule has 142 valence electrons. The highest BCUT2D eigenvalue weighted by molar-refractivity contribution is 5.97. The lowest BCUT2D eigenvalue weighted by molar-refractivity contribution is 0.0950. The summed E-state index contributed by atoms with van der Waals surface area (Å²) >= 11 is 0. The first kappa shape index (κ1) is 19.2. The molecule has 0 aliphatic heterocycles. The first-order valence-corrected chi connectivity index (χ1v) is 9.08. The van der Waals surface area contributed by atoms with Gasteiger partial charge in [0.2, 0.25) is 0 Å². The van der Waals surface area contributed by atoms with Crippen LogP contribution in [0.1, 0.15) is 28.4 Å². The summed E-state index contributed by atoms with van der Waals surface area (Å²) in [7, 11) is 0. The van der Waals surface area contributed by atoms with Crippen molar-refractivity contribution < 1.29 is 14.3 Å². The molecule has 0 bridgehead atoms. The van der Waals surface area contributed by atoms with Gasteiger partial charge in [-0.25, -0.2) is 5.43 Å². The Bertz CT molecular complexity index is 922. The number of para-hydroxylation sites is 1. The Labute approximate surface area is 164 Å². The quantitative estimate of drug-likeness (QED) is 0.469. The second-order valence-corrected chi connectivity index (χ2v) is 5.97. The van der Waals surface area contributed by atoms with Crippen LogP contribution in [0.3, 0.4) is 0 Å². The molecule has 0 spiro atoms. The van der Waals surface area contributed by atoms with Gasteiger partial charge in [0.15, 0.2) is 0 Å². The summed E-state index contributed by atoms with van der Waals surface area (Å²) < 4.78 is 11.2. The maximum Gasteiger partial charge on any atom is 0.275 e. The third kappa shape index (κ3) is 5.45. The molecule has 1 amide bonds. The van der Waals surface area contributed by atoms with Gasteiger partial charge in [0, 0.05) is 0 Å². The van der Waals surface area contributed by atoms with Crippen LogP contribution in [0.2, 0.25) is 0 Å². The lowest BCUT2D eigenvalue weighted by Gasteiger charge is -2.10. The van der Waals surface area contributed by atoms with E-state index < -0.39 is 0 Å². The van der Waals surface area contributed by atoms with Gasteiger partial charge in [0.1, 0.15) is 18.1 Å². The Hall–Kier alpha value is -3.60. The van der Waals surface area contributed by atoms with Crippen LogP contribution < -0.4 is 14.9 Å². The summed E-state index contributed by atoms with van der Waals surface area (Å²) in [5.41, 5.74) is 4.87. The van der Waals surface area contributed by atoms with Gasteiger partial charge in [-0.1, -0.05) is 42.5 Å². The number of rotatable bonds is 8. The molecule has 3 rings (SSSR count). The van der Waals surface area contributed by atoms with E-state index in [-0.39, 0.29) is 5.91 Å².